The van der Waals surface area contributed by atoms with Gasteiger partial charge in [0.15, 0.2) is 0 Å². The van der Waals surface area contributed by atoms with Crippen molar-refractivity contribution in [2.24, 2.45) is 0 Å². The number of nitrogens with zero attached hydrogens (tertiary/aromatic N) is 2. The summed E-state index contributed by atoms with van der Waals surface area (Å²) in [5.74, 6) is 0.213. The second-order valence-electron chi connectivity index (χ2n) is 4.49. The molecule has 0 aliphatic carbocycles. The summed E-state index contributed by atoms with van der Waals surface area (Å²) in [5, 5.41) is 9.36. The highest BCUT2D eigenvalue weighted by Crippen LogP contribution is 2.09. The van der Waals surface area contributed by atoms with Gasteiger partial charge in [-0.15, -0.1) is 0 Å². The van der Waals surface area contributed by atoms with E-state index in [9.17, 15) is 9.90 Å². The number of ether oxygens (including phenoxy) is 1. The molecule has 0 saturated carbocycles. The lowest BCUT2D eigenvalue weighted by atomic mass is 10.3. The zero-order chi connectivity index (χ0) is 11.4. The van der Waals surface area contributed by atoms with Crippen LogP contribution in [0, 0.1) is 0 Å². The summed E-state index contributed by atoms with van der Waals surface area (Å²) < 4.78 is 5.20. The molecular formula is C11H20N2O3. The van der Waals surface area contributed by atoms with Gasteiger partial charge in [-0.1, -0.05) is 0 Å². The average molecular weight is 228 g/mol. The highest BCUT2D eigenvalue weighted by atomic mass is 16.5. The normalized spacial score (nSPS) is 27.3. The number of β-amino-alcohol motifs (C(OH)–C–C–N with tert-alkyl or cyclic N) is 1. The molecule has 2 heterocycles. The van der Waals surface area contributed by atoms with Gasteiger partial charge in [0, 0.05) is 39.1 Å². The third-order valence-corrected chi connectivity index (χ3v) is 3.25. The van der Waals surface area contributed by atoms with Gasteiger partial charge in [-0.05, 0) is 6.42 Å². The molecule has 2 saturated heterocycles. The molecule has 2 aliphatic heterocycles. The van der Waals surface area contributed by atoms with Crippen molar-refractivity contribution in [1.29, 1.82) is 0 Å². The maximum Gasteiger partial charge on any atom is 0.224 e. The topological polar surface area (TPSA) is 53.0 Å². The molecule has 2 aliphatic rings. The summed E-state index contributed by atoms with van der Waals surface area (Å²) in [6.45, 7) is 5.17. The van der Waals surface area contributed by atoms with E-state index < -0.39 is 0 Å². The first kappa shape index (κ1) is 11.8. The summed E-state index contributed by atoms with van der Waals surface area (Å²) in [4.78, 5) is 15.8. The number of amides is 1. The summed E-state index contributed by atoms with van der Waals surface area (Å²) in [6, 6.07) is 0. The van der Waals surface area contributed by atoms with Crippen LogP contribution in [0.2, 0.25) is 0 Å². The second kappa shape index (κ2) is 5.61. The van der Waals surface area contributed by atoms with E-state index >= 15 is 0 Å². The second-order valence-corrected chi connectivity index (χ2v) is 4.49. The predicted molar refractivity (Wildman–Crippen MR) is 59.1 cm³/mol. The third kappa shape index (κ3) is 3.17. The molecule has 5 heteroatoms. The molecule has 1 atom stereocenters. The zero-order valence-electron chi connectivity index (χ0n) is 9.60. The molecule has 0 unspecified atom stereocenters. The Kier molecular flexibility index (Phi) is 4.15. The van der Waals surface area contributed by atoms with Crippen molar-refractivity contribution in [3.63, 3.8) is 0 Å². The van der Waals surface area contributed by atoms with E-state index in [1.54, 1.807) is 0 Å². The highest BCUT2D eigenvalue weighted by Gasteiger charge is 2.22. The number of aliphatic hydroxyl groups excluding tert-OH is 1. The number of morpholine rings is 1. The molecule has 0 radical (unpaired) electrons. The molecule has 5 nitrogen and oxygen atoms in total. The average Bonchev–Trinajstić information content (AvgIpc) is 2.73. The van der Waals surface area contributed by atoms with E-state index in [0.717, 1.165) is 39.1 Å². The van der Waals surface area contributed by atoms with Gasteiger partial charge in [-0.3, -0.25) is 4.79 Å². The summed E-state index contributed by atoms with van der Waals surface area (Å²) in [5.41, 5.74) is 0. The van der Waals surface area contributed by atoms with Gasteiger partial charge in [0.2, 0.25) is 5.91 Å². The molecule has 0 bridgehead atoms. The molecule has 16 heavy (non-hydrogen) atoms. The number of rotatable bonds is 3. The number of aliphatic hydroxyl groups is 1. The predicted octanol–water partition coefficient (Wildman–Crippen LogP) is -0.698. The Hall–Kier alpha value is -0.650. The molecule has 2 fully saturated rings. The first-order valence-corrected chi connectivity index (χ1v) is 6.01. The number of carbonyl (C=O) groups excluding carboxylic acids is 1. The largest absolute Gasteiger partial charge is 0.392 e. The first-order chi connectivity index (χ1) is 7.75. The lowest BCUT2D eigenvalue weighted by molar-refractivity contribution is -0.135. The van der Waals surface area contributed by atoms with Crippen LogP contribution in [0.15, 0.2) is 0 Å². The van der Waals surface area contributed by atoms with Gasteiger partial charge < -0.3 is 19.6 Å². The molecule has 0 spiro atoms. The van der Waals surface area contributed by atoms with Crippen LogP contribution in [0.3, 0.4) is 0 Å². The maximum atomic E-state index is 11.8. The summed E-state index contributed by atoms with van der Waals surface area (Å²) in [6.07, 6.45) is 1.21. The van der Waals surface area contributed by atoms with Gasteiger partial charge in [-0.25, -0.2) is 0 Å². The molecule has 0 aromatic carbocycles. The van der Waals surface area contributed by atoms with Gasteiger partial charge in [0.1, 0.15) is 0 Å². The Morgan fingerprint density at radius 3 is 2.69 bits per heavy atom. The minimum Gasteiger partial charge on any atom is -0.392 e. The van der Waals surface area contributed by atoms with Crippen LogP contribution in [0.4, 0.5) is 0 Å². The van der Waals surface area contributed by atoms with E-state index in [2.05, 4.69) is 4.90 Å². The van der Waals surface area contributed by atoms with Crippen molar-refractivity contribution in [1.82, 2.24) is 9.80 Å². The molecule has 0 aromatic rings. The van der Waals surface area contributed by atoms with Crippen molar-refractivity contribution < 1.29 is 14.6 Å². The number of hydrogen-bond acceptors (Lipinski definition) is 4. The van der Waals surface area contributed by atoms with Gasteiger partial charge in [0.25, 0.3) is 0 Å². The maximum absolute atomic E-state index is 11.8. The molecule has 0 aromatic heterocycles. The first-order valence-electron chi connectivity index (χ1n) is 6.01. The van der Waals surface area contributed by atoms with Crippen molar-refractivity contribution in [3.8, 4) is 0 Å². The van der Waals surface area contributed by atoms with Crippen LogP contribution in [-0.2, 0) is 9.53 Å². The van der Waals surface area contributed by atoms with Crippen LogP contribution in [0.1, 0.15) is 12.8 Å². The fourth-order valence-corrected chi connectivity index (χ4v) is 2.24. The minimum absolute atomic E-state index is 0.196. The molecule has 2 rings (SSSR count). The van der Waals surface area contributed by atoms with Gasteiger partial charge >= 0.3 is 0 Å². The Balaban J connectivity index is 1.66. The van der Waals surface area contributed by atoms with Crippen molar-refractivity contribution in [3.05, 3.63) is 0 Å². The number of likely N-dealkylation sites (tertiary alicyclic amines) is 1. The smallest absolute Gasteiger partial charge is 0.224 e. The van der Waals surface area contributed by atoms with Gasteiger partial charge in [0.05, 0.1) is 19.3 Å². The van der Waals surface area contributed by atoms with E-state index in [0.29, 0.717) is 19.6 Å². The Bertz CT molecular complexity index is 241. The monoisotopic (exact) mass is 228 g/mol. The van der Waals surface area contributed by atoms with Crippen molar-refractivity contribution in [2.75, 3.05) is 45.9 Å². The Morgan fingerprint density at radius 2 is 2.06 bits per heavy atom. The standard InChI is InChI=1S/C11H20N2O3/c14-10-1-3-12(9-10)4-2-11(15)13-5-7-16-8-6-13/h10,14H,1-9H2/t10-/m1/s1. The number of hydrogen-bond donors (Lipinski definition) is 1. The summed E-state index contributed by atoms with van der Waals surface area (Å²) in [7, 11) is 0. The minimum atomic E-state index is -0.196. The highest BCUT2D eigenvalue weighted by molar-refractivity contribution is 5.76. The van der Waals surface area contributed by atoms with Crippen LogP contribution < -0.4 is 0 Å². The van der Waals surface area contributed by atoms with Crippen LogP contribution >= 0.6 is 0 Å². The zero-order valence-corrected chi connectivity index (χ0v) is 9.60. The Labute approximate surface area is 96.0 Å². The van der Waals surface area contributed by atoms with Crippen molar-refractivity contribution in [2.45, 2.75) is 18.9 Å². The van der Waals surface area contributed by atoms with Crippen LogP contribution in [0.25, 0.3) is 0 Å². The lowest BCUT2D eigenvalue weighted by Gasteiger charge is -2.27. The van der Waals surface area contributed by atoms with E-state index in [1.807, 2.05) is 4.90 Å². The summed E-state index contributed by atoms with van der Waals surface area (Å²) >= 11 is 0. The Morgan fingerprint density at radius 1 is 1.31 bits per heavy atom. The third-order valence-electron chi connectivity index (χ3n) is 3.25. The van der Waals surface area contributed by atoms with Crippen molar-refractivity contribution >= 4 is 5.91 Å². The SMILES string of the molecule is O=C(CCN1CC[C@@H](O)C1)N1CCOCC1. The number of carbonyl (C=O) groups is 1. The lowest BCUT2D eigenvalue weighted by Crippen LogP contribution is -2.41. The molecule has 1 N–H and O–H groups in total. The van der Waals surface area contributed by atoms with Crippen LogP contribution in [0.5, 0.6) is 0 Å². The van der Waals surface area contributed by atoms with E-state index in [1.165, 1.54) is 0 Å². The molecule has 1 amide bonds. The van der Waals surface area contributed by atoms with Gasteiger partial charge in [-0.2, -0.15) is 0 Å². The van der Waals surface area contributed by atoms with E-state index in [4.69, 9.17) is 4.74 Å². The quantitative estimate of drug-likeness (QED) is 0.694. The molecule has 92 valence electrons. The molecular weight excluding hydrogens is 208 g/mol. The fourth-order valence-electron chi connectivity index (χ4n) is 2.24. The van der Waals surface area contributed by atoms with E-state index in [-0.39, 0.29) is 12.0 Å². The fraction of sp³-hybridized carbons (Fsp3) is 0.909. The van der Waals surface area contributed by atoms with Crippen LogP contribution in [-0.4, -0.2) is 72.9 Å².